The lowest BCUT2D eigenvalue weighted by molar-refractivity contribution is 0.281. The molecule has 0 amide bonds. The van der Waals surface area contributed by atoms with Gasteiger partial charge in [0.2, 0.25) is 0 Å². The fourth-order valence-electron chi connectivity index (χ4n) is 5.48. The van der Waals surface area contributed by atoms with E-state index in [0.717, 1.165) is 18.4 Å². The van der Waals surface area contributed by atoms with E-state index in [-0.39, 0.29) is 22.9 Å². The number of benzene rings is 2. The van der Waals surface area contributed by atoms with Crippen molar-refractivity contribution in [1.29, 1.82) is 0 Å². The lowest BCUT2D eigenvalue weighted by atomic mass is 9.72. The number of aliphatic hydroxyl groups excluding tert-OH is 1. The van der Waals surface area contributed by atoms with Gasteiger partial charge in [0.1, 0.15) is 5.75 Å². The number of aromatic hydroxyl groups is 1. The molecule has 126 valence electrons. The lowest BCUT2D eigenvalue weighted by Gasteiger charge is -2.30. The third-order valence-electron chi connectivity index (χ3n) is 6.25. The fourth-order valence-corrected chi connectivity index (χ4v) is 5.48. The van der Waals surface area contributed by atoms with Gasteiger partial charge >= 0.3 is 0 Å². The average molecular weight is 322 g/mol. The molecular weight excluding hydrogens is 296 g/mol. The van der Waals surface area contributed by atoms with Crippen LogP contribution in [0.15, 0.2) is 36.4 Å². The van der Waals surface area contributed by atoms with Crippen molar-refractivity contribution in [2.45, 2.75) is 63.4 Å². The van der Waals surface area contributed by atoms with Crippen LogP contribution in [0.4, 0.5) is 0 Å². The van der Waals surface area contributed by atoms with Gasteiger partial charge < -0.3 is 10.2 Å². The maximum atomic E-state index is 10.1. The van der Waals surface area contributed by atoms with E-state index < -0.39 is 0 Å². The van der Waals surface area contributed by atoms with E-state index in [1.54, 1.807) is 0 Å². The summed E-state index contributed by atoms with van der Waals surface area (Å²) >= 11 is 0. The molecule has 0 heterocycles. The quantitative estimate of drug-likeness (QED) is 0.809. The number of hydrogen-bond acceptors (Lipinski definition) is 2. The van der Waals surface area contributed by atoms with Crippen molar-refractivity contribution in [1.82, 2.24) is 0 Å². The smallest absolute Gasteiger partial charge is 0.115 e. The summed E-state index contributed by atoms with van der Waals surface area (Å²) < 4.78 is 0. The molecule has 0 saturated carbocycles. The SMILES string of the molecule is CC1(C)CC2(CC(C)(C)c3ccc(CO)cc32)c2cc(O)ccc21. The van der Waals surface area contributed by atoms with E-state index in [1.807, 2.05) is 18.2 Å². The third kappa shape index (κ3) is 1.92. The van der Waals surface area contributed by atoms with Crippen LogP contribution >= 0.6 is 0 Å². The summed E-state index contributed by atoms with van der Waals surface area (Å²) in [7, 11) is 0. The summed E-state index contributed by atoms with van der Waals surface area (Å²) in [6.07, 6.45) is 2.09. The zero-order valence-corrected chi connectivity index (χ0v) is 15.0. The molecule has 2 aromatic rings. The Bertz CT molecular complexity index is 828. The van der Waals surface area contributed by atoms with Gasteiger partial charge in [-0.3, -0.25) is 0 Å². The first kappa shape index (κ1) is 15.7. The number of fused-ring (bicyclic) bond motifs is 4. The minimum Gasteiger partial charge on any atom is -0.508 e. The molecular formula is C22H26O2. The Hall–Kier alpha value is -1.80. The summed E-state index contributed by atoms with van der Waals surface area (Å²) in [4.78, 5) is 0. The van der Waals surface area contributed by atoms with Gasteiger partial charge in [-0.15, -0.1) is 0 Å². The summed E-state index contributed by atoms with van der Waals surface area (Å²) in [5.74, 6) is 0.343. The molecule has 0 saturated heterocycles. The second kappa shape index (κ2) is 4.64. The zero-order chi connectivity index (χ0) is 17.3. The number of phenolic OH excluding ortho intramolecular Hbond substituents is 1. The highest BCUT2D eigenvalue weighted by atomic mass is 16.3. The highest BCUT2D eigenvalue weighted by Crippen LogP contribution is 2.63. The van der Waals surface area contributed by atoms with Crippen LogP contribution in [0.25, 0.3) is 0 Å². The first-order valence-corrected chi connectivity index (χ1v) is 8.78. The van der Waals surface area contributed by atoms with Gasteiger partial charge in [-0.2, -0.15) is 0 Å². The zero-order valence-electron chi connectivity index (χ0n) is 15.0. The summed E-state index contributed by atoms with van der Waals surface area (Å²) in [6.45, 7) is 9.30. The van der Waals surface area contributed by atoms with Gasteiger partial charge in [-0.1, -0.05) is 52.0 Å². The molecule has 0 bridgehead atoms. The molecule has 2 aliphatic rings. The van der Waals surface area contributed by atoms with Crippen molar-refractivity contribution < 1.29 is 10.2 Å². The Kier molecular flexibility index (Phi) is 3.03. The topological polar surface area (TPSA) is 40.5 Å². The van der Waals surface area contributed by atoms with Gasteiger partial charge in [0.15, 0.2) is 0 Å². The molecule has 2 aromatic carbocycles. The van der Waals surface area contributed by atoms with Gasteiger partial charge in [0.25, 0.3) is 0 Å². The van der Waals surface area contributed by atoms with Crippen LogP contribution in [0.5, 0.6) is 5.75 Å². The summed E-state index contributed by atoms with van der Waals surface area (Å²) in [6, 6.07) is 12.3. The van der Waals surface area contributed by atoms with E-state index in [0.29, 0.717) is 5.75 Å². The van der Waals surface area contributed by atoms with Crippen LogP contribution in [0, 0.1) is 0 Å². The van der Waals surface area contributed by atoms with Gasteiger partial charge in [0, 0.05) is 5.41 Å². The normalized spacial score (nSPS) is 25.7. The van der Waals surface area contributed by atoms with Gasteiger partial charge in [0.05, 0.1) is 6.61 Å². The Labute approximate surface area is 144 Å². The number of hydrogen-bond donors (Lipinski definition) is 2. The van der Waals surface area contributed by atoms with Crippen LogP contribution < -0.4 is 0 Å². The van der Waals surface area contributed by atoms with E-state index in [2.05, 4.69) is 45.9 Å². The van der Waals surface area contributed by atoms with Crippen LogP contribution in [-0.2, 0) is 22.9 Å². The molecule has 0 aromatic heterocycles. The molecule has 2 N–H and O–H groups in total. The molecule has 0 fully saturated rings. The Balaban J connectivity index is 2.04. The maximum Gasteiger partial charge on any atom is 0.115 e. The van der Waals surface area contributed by atoms with E-state index in [4.69, 9.17) is 0 Å². The molecule has 2 heteroatoms. The average Bonchev–Trinajstić information content (AvgIpc) is 2.87. The molecule has 4 rings (SSSR count). The first-order valence-electron chi connectivity index (χ1n) is 8.78. The minimum absolute atomic E-state index is 0.0679. The fraction of sp³-hybridized carbons (Fsp3) is 0.455. The standard InChI is InChI=1S/C22H26O2/c1-20(2)12-22(18-9-14(11-23)5-7-16(18)20)13-21(3,4)17-8-6-15(24)10-19(17)22/h5-10,23-24H,11-13H2,1-4H3. The van der Waals surface area contributed by atoms with Crippen LogP contribution in [0.1, 0.15) is 68.4 Å². The first-order chi connectivity index (χ1) is 11.2. The number of rotatable bonds is 1. The van der Waals surface area contributed by atoms with Gasteiger partial charge in [-0.05, 0) is 63.6 Å². The van der Waals surface area contributed by atoms with E-state index >= 15 is 0 Å². The van der Waals surface area contributed by atoms with Crippen molar-refractivity contribution in [3.8, 4) is 5.75 Å². The van der Waals surface area contributed by atoms with Crippen molar-refractivity contribution in [3.05, 3.63) is 64.2 Å². The van der Waals surface area contributed by atoms with Crippen molar-refractivity contribution in [3.63, 3.8) is 0 Å². The largest absolute Gasteiger partial charge is 0.508 e. The molecule has 0 radical (unpaired) electrons. The van der Waals surface area contributed by atoms with E-state index in [1.165, 1.54) is 22.3 Å². The second-order valence-corrected chi connectivity index (χ2v) is 8.97. The molecule has 1 spiro atoms. The molecule has 1 unspecified atom stereocenters. The molecule has 2 nitrogen and oxygen atoms in total. The third-order valence-corrected chi connectivity index (χ3v) is 6.25. The highest BCUT2D eigenvalue weighted by Gasteiger charge is 2.56. The van der Waals surface area contributed by atoms with Gasteiger partial charge in [-0.25, -0.2) is 0 Å². The predicted octanol–water partition coefficient (Wildman–Crippen LogP) is 4.53. The monoisotopic (exact) mass is 322 g/mol. The summed E-state index contributed by atoms with van der Waals surface area (Å²) in [5, 5.41) is 19.8. The molecule has 24 heavy (non-hydrogen) atoms. The number of aliphatic hydroxyl groups is 1. The molecule has 1 atom stereocenters. The Morgan fingerprint density at radius 3 is 1.92 bits per heavy atom. The summed E-state index contributed by atoms with van der Waals surface area (Å²) in [5.41, 5.74) is 6.41. The number of phenols is 1. The Morgan fingerprint density at radius 1 is 0.792 bits per heavy atom. The maximum absolute atomic E-state index is 10.1. The van der Waals surface area contributed by atoms with E-state index in [9.17, 15) is 10.2 Å². The van der Waals surface area contributed by atoms with Crippen molar-refractivity contribution in [2.24, 2.45) is 0 Å². The van der Waals surface area contributed by atoms with Crippen LogP contribution in [0.2, 0.25) is 0 Å². The lowest BCUT2D eigenvalue weighted by Crippen LogP contribution is -2.27. The minimum atomic E-state index is -0.0679. The van der Waals surface area contributed by atoms with Crippen LogP contribution in [-0.4, -0.2) is 10.2 Å². The predicted molar refractivity (Wildman–Crippen MR) is 96.5 cm³/mol. The van der Waals surface area contributed by atoms with Crippen molar-refractivity contribution in [2.75, 3.05) is 0 Å². The highest BCUT2D eigenvalue weighted by molar-refractivity contribution is 5.61. The molecule has 0 aliphatic heterocycles. The van der Waals surface area contributed by atoms with Crippen LogP contribution in [0.3, 0.4) is 0 Å². The second-order valence-electron chi connectivity index (χ2n) is 8.97. The molecule has 2 aliphatic carbocycles. The Morgan fingerprint density at radius 2 is 1.33 bits per heavy atom. The van der Waals surface area contributed by atoms with Crippen molar-refractivity contribution >= 4 is 0 Å².